The van der Waals surface area contributed by atoms with Crippen LogP contribution in [0.25, 0.3) is 10.2 Å². The van der Waals surface area contributed by atoms with Crippen LogP contribution >= 0.6 is 11.3 Å². The number of aromatic nitrogens is 2. The second-order valence-electron chi connectivity index (χ2n) is 8.87. The topological polar surface area (TPSA) is 53.5 Å². The molecule has 0 atom stereocenters. The van der Waals surface area contributed by atoms with Crippen molar-refractivity contribution >= 4 is 27.4 Å². The van der Waals surface area contributed by atoms with Crippen LogP contribution in [-0.4, -0.2) is 72.3 Å². The Bertz CT molecular complexity index is 839. The minimum atomic E-state index is 0.854. The van der Waals surface area contributed by atoms with Gasteiger partial charge in [0.15, 0.2) is 0 Å². The third-order valence-electron chi connectivity index (χ3n) is 6.68. The molecule has 4 heterocycles. The predicted octanol–water partition coefficient (Wildman–Crippen LogP) is 3.16. The Morgan fingerprint density at radius 3 is 2.72 bits per heavy atom. The van der Waals surface area contributed by atoms with E-state index in [1.165, 1.54) is 65.9 Å². The monoisotopic (exact) mass is 415 g/mol. The van der Waals surface area contributed by atoms with E-state index < -0.39 is 0 Å². The summed E-state index contributed by atoms with van der Waals surface area (Å²) in [6, 6.07) is 0. The van der Waals surface area contributed by atoms with Crippen LogP contribution in [-0.2, 0) is 24.1 Å². The number of likely N-dealkylation sites (tertiary alicyclic amines) is 1. The highest BCUT2D eigenvalue weighted by Crippen LogP contribution is 2.39. The zero-order valence-corrected chi connectivity index (χ0v) is 18.4. The van der Waals surface area contributed by atoms with Crippen molar-refractivity contribution in [2.45, 2.75) is 45.6 Å². The Labute approximate surface area is 177 Å². The Morgan fingerprint density at radius 1 is 1.07 bits per heavy atom. The standard InChI is InChI=1S/C22H33N5OS/c1-16-5-8-27(9-6-16)15-19-24-21(23-7-10-26-11-13-28-14-12-26)20-17-3-2-4-18(17)29-22(20)25-19/h16H,2-15H2,1H3,(H,23,24,25). The first-order chi connectivity index (χ1) is 14.3. The summed E-state index contributed by atoms with van der Waals surface area (Å²) >= 11 is 1.90. The van der Waals surface area contributed by atoms with Crippen molar-refractivity contribution in [1.29, 1.82) is 0 Å². The summed E-state index contributed by atoms with van der Waals surface area (Å²) in [4.78, 5) is 17.8. The van der Waals surface area contributed by atoms with Gasteiger partial charge in [-0.2, -0.15) is 0 Å². The van der Waals surface area contributed by atoms with Crippen molar-refractivity contribution in [3.63, 3.8) is 0 Å². The number of anilines is 1. The largest absolute Gasteiger partial charge is 0.379 e. The van der Waals surface area contributed by atoms with Gasteiger partial charge in [0.2, 0.25) is 0 Å². The van der Waals surface area contributed by atoms with Gasteiger partial charge in [0.05, 0.1) is 25.1 Å². The molecule has 29 heavy (non-hydrogen) atoms. The van der Waals surface area contributed by atoms with Crippen LogP contribution in [0.5, 0.6) is 0 Å². The van der Waals surface area contributed by atoms with Crippen LogP contribution in [0.4, 0.5) is 5.82 Å². The van der Waals surface area contributed by atoms with Crippen molar-refractivity contribution in [3.05, 3.63) is 16.3 Å². The Hall–Kier alpha value is -1.28. The molecule has 2 fully saturated rings. The zero-order valence-electron chi connectivity index (χ0n) is 17.6. The van der Waals surface area contributed by atoms with E-state index in [-0.39, 0.29) is 0 Å². The number of fused-ring (bicyclic) bond motifs is 3. The fourth-order valence-electron chi connectivity index (χ4n) is 4.82. The third-order valence-corrected chi connectivity index (χ3v) is 7.86. The molecule has 7 heteroatoms. The van der Waals surface area contributed by atoms with Gasteiger partial charge in [-0.1, -0.05) is 6.92 Å². The molecular formula is C22H33N5OS. The normalized spacial score (nSPS) is 21.7. The molecule has 0 aromatic carbocycles. The number of nitrogens with one attached hydrogen (secondary N) is 1. The molecule has 0 spiro atoms. The molecule has 1 N–H and O–H groups in total. The molecular weight excluding hydrogens is 382 g/mol. The lowest BCUT2D eigenvalue weighted by Gasteiger charge is -2.29. The summed E-state index contributed by atoms with van der Waals surface area (Å²) in [5.41, 5.74) is 1.51. The number of ether oxygens (including phenoxy) is 1. The van der Waals surface area contributed by atoms with Gasteiger partial charge in [-0.15, -0.1) is 11.3 Å². The molecule has 0 radical (unpaired) electrons. The van der Waals surface area contributed by atoms with Crippen LogP contribution in [0.2, 0.25) is 0 Å². The van der Waals surface area contributed by atoms with Crippen molar-refractivity contribution in [3.8, 4) is 0 Å². The van der Waals surface area contributed by atoms with Crippen LogP contribution < -0.4 is 5.32 Å². The lowest BCUT2D eigenvalue weighted by atomic mass is 9.99. The van der Waals surface area contributed by atoms with Gasteiger partial charge >= 0.3 is 0 Å². The second kappa shape index (κ2) is 8.84. The van der Waals surface area contributed by atoms with Crippen molar-refractivity contribution < 1.29 is 4.74 Å². The average molecular weight is 416 g/mol. The van der Waals surface area contributed by atoms with E-state index in [0.29, 0.717) is 0 Å². The molecule has 0 unspecified atom stereocenters. The molecule has 0 saturated carbocycles. The highest BCUT2D eigenvalue weighted by Gasteiger charge is 2.24. The summed E-state index contributed by atoms with van der Waals surface area (Å²) in [5.74, 6) is 2.91. The highest BCUT2D eigenvalue weighted by molar-refractivity contribution is 7.19. The Balaban J connectivity index is 1.34. The summed E-state index contributed by atoms with van der Waals surface area (Å²) in [6.45, 7) is 11.3. The first-order valence-electron chi connectivity index (χ1n) is 11.3. The quantitative estimate of drug-likeness (QED) is 0.782. The highest BCUT2D eigenvalue weighted by atomic mass is 32.1. The van der Waals surface area contributed by atoms with Gasteiger partial charge in [-0.3, -0.25) is 9.80 Å². The fraction of sp³-hybridized carbons (Fsp3) is 0.727. The summed E-state index contributed by atoms with van der Waals surface area (Å²) in [6.07, 6.45) is 6.25. The number of aryl methyl sites for hydroxylation is 2. The maximum absolute atomic E-state index is 5.47. The number of morpholine rings is 1. The zero-order chi connectivity index (χ0) is 19.6. The molecule has 3 aliphatic rings. The summed E-state index contributed by atoms with van der Waals surface area (Å²) < 4.78 is 5.47. The number of nitrogens with zero attached hydrogens (tertiary/aromatic N) is 4. The first kappa shape index (κ1) is 19.7. The molecule has 2 saturated heterocycles. The van der Waals surface area contributed by atoms with E-state index in [9.17, 15) is 0 Å². The van der Waals surface area contributed by atoms with Crippen molar-refractivity contribution in [2.75, 3.05) is 57.8 Å². The molecule has 158 valence electrons. The lowest BCUT2D eigenvalue weighted by molar-refractivity contribution is 0.0398. The maximum Gasteiger partial charge on any atom is 0.146 e. The van der Waals surface area contributed by atoms with E-state index in [4.69, 9.17) is 14.7 Å². The van der Waals surface area contributed by atoms with Crippen LogP contribution in [0, 0.1) is 5.92 Å². The average Bonchev–Trinajstić information content (AvgIpc) is 3.31. The van der Waals surface area contributed by atoms with Gasteiger partial charge in [-0.05, 0) is 56.7 Å². The van der Waals surface area contributed by atoms with Crippen LogP contribution in [0.3, 0.4) is 0 Å². The molecule has 2 aromatic heterocycles. The van der Waals surface area contributed by atoms with E-state index in [0.717, 1.165) is 63.5 Å². The van der Waals surface area contributed by atoms with Crippen LogP contribution in [0.15, 0.2) is 0 Å². The number of piperidine rings is 1. The lowest BCUT2D eigenvalue weighted by Crippen LogP contribution is -2.39. The van der Waals surface area contributed by atoms with Gasteiger partial charge in [0, 0.05) is 31.1 Å². The van der Waals surface area contributed by atoms with E-state index in [1.807, 2.05) is 11.3 Å². The summed E-state index contributed by atoms with van der Waals surface area (Å²) in [7, 11) is 0. The molecule has 2 aromatic rings. The van der Waals surface area contributed by atoms with Gasteiger partial charge < -0.3 is 10.1 Å². The van der Waals surface area contributed by atoms with E-state index in [1.54, 1.807) is 0 Å². The molecule has 0 bridgehead atoms. The van der Waals surface area contributed by atoms with Gasteiger partial charge in [0.1, 0.15) is 16.5 Å². The minimum Gasteiger partial charge on any atom is -0.379 e. The Kier molecular flexibility index (Phi) is 5.99. The predicted molar refractivity (Wildman–Crippen MR) is 119 cm³/mol. The third kappa shape index (κ3) is 4.43. The summed E-state index contributed by atoms with van der Waals surface area (Å²) in [5, 5.41) is 5.00. The molecule has 6 nitrogen and oxygen atoms in total. The molecule has 0 amide bonds. The van der Waals surface area contributed by atoms with Gasteiger partial charge in [-0.25, -0.2) is 9.97 Å². The fourth-order valence-corrected chi connectivity index (χ4v) is 6.10. The van der Waals surface area contributed by atoms with E-state index in [2.05, 4.69) is 22.0 Å². The second-order valence-corrected chi connectivity index (χ2v) is 9.95. The van der Waals surface area contributed by atoms with Gasteiger partial charge in [0.25, 0.3) is 0 Å². The van der Waals surface area contributed by atoms with Crippen LogP contribution in [0.1, 0.15) is 42.5 Å². The van der Waals surface area contributed by atoms with Crippen molar-refractivity contribution in [1.82, 2.24) is 19.8 Å². The van der Waals surface area contributed by atoms with E-state index >= 15 is 0 Å². The number of hydrogen-bond donors (Lipinski definition) is 1. The minimum absolute atomic E-state index is 0.854. The molecule has 2 aliphatic heterocycles. The maximum atomic E-state index is 5.47. The first-order valence-corrected chi connectivity index (χ1v) is 12.2. The number of hydrogen-bond acceptors (Lipinski definition) is 7. The molecule has 5 rings (SSSR count). The number of rotatable bonds is 6. The Morgan fingerprint density at radius 2 is 1.90 bits per heavy atom. The SMILES string of the molecule is CC1CCN(Cc2nc(NCCN3CCOCC3)c3c4c(sc3n2)CCC4)CC1. The smallest absolute Gasteiger partial charge is 0.146 e. The molecule has 1 aliphatic carbocycles. The van der Waals surface area contributed by atoms with Crippen molar-refractivity contribution in [2.24, 2.45) is 5.92 Å². The number of thiophene rings is 1.